The number of guanidine groups is 1. The van der Waals surface area contributed by atoms with Crippen LogP contribution in [0.4, 0.5) is 5.82 Å². The summed E-state index contributed by atoms with van der Waals surface area (Å²) in [7, 11) is 7.35. The van der Waals surface area contributed by atoms with Gasteiger partial charge in [-0.05, 0) is 30.2 Å². The highest BCUT2D eigenvalue weighted by Gasteiger charge is 2.07. The molecule has 2 aromatic rings. The highest BCUT2D eigenvalue weighted by molar-refractivity contribution is 14.0. The molecule has 1 heterocycles. The van der Waals surface area contributed by atoms with E-state index in [4.69, 9.17) is 16.3 Å². The number of aliphatic imine (C=N–C) groups is 1. The summed E-state index contributed by atoms with van der Waals surface area (Å²) >= 11 is 6.28. The number of anilines is 1. The van der Waals surface area contributed by atoms with Gasteiger partial charge >= 0.3 is 0 Å². The van der Waals surface area contributed by atoms with Gasteiger partial charge in [0.2, 0.25) is 0 Å². The molecule has 0 aliphatic carbocycles. The van der Waals surface area contributed by atoms with Crippen molar-refractivity contribution in [3.05, 3.63) is 52.7 Å². The van der Waals surface area contributed by atoms with E-state index in [0.717, 1.165) is 41.6 Å². The Kier molecular flexibility index (Phi) is 10.2. The molecule has 0 aliphatic heterocycles. The standard InChI is InChI=1S/C19H26ClN5O.HI/c1-21-19(24-13-15-6-5-10-22-18(15)25(2)3)23-11-9-14-7-8-16(26-4)12-17(14)20;/h5-8,10,12H,9,11,13H2,1-4H3,(H2,21,23,24);1H. The largest absolute Gasteiger partial charge is 0.497 e. The molecule has 0 fully saturated rings. The lowest BCUT2D eigenvalue weighted by Crippen LogP contribution is -2.38. The van der Waals surface area contributed by atoms with Crippen molar-refractivity contribution in [2.75, 3.05) is 39.7 Å². The van der Waals surface area contributed by atoms with Crippen LogP contribution in [0.3, 0.4) is 0 Å². The zero-order chi connectivity index (χ0) is 18.9. The van der Waals surface area contributed by atoms with Gasteiger partial charge in [-0.1, -0.05) is 23.7 Å². The van der Waals surface area contributed by atoms with Gasteiger partial charge in [-0.3, -0.25) is 4.99 Å². The van der Waals surface area contributed by atoms with Crippen molar-refractivity contribution in [1.82, 2.24) is 15.6 Å². The van der Waals surface area contributed by atoms with E-state index in [2.05, 4.69) is 26.7 Å². The predicted octanol–water partition coefficient (Wildman–Crippen LogP) is 3.34. The van der Waals surface area contributed by atoms with E-state index < -0.39 is 0 Å². The summed E-state index contributed by atoms with van der Waals surface area (Å²) in [5.74, 6) is 2.45. The van der Waals surface area contributed by atoms with Gasteiger partial charge in [-0.2, -0.15) is 0 Å². The Balaban J connectivity index is 0.00000364. The van der Waals surface area contributed by atoms with Crippen LogP contribution in [0.2, 0.25) is 5.02 Å². The lowest BCUT2D eigenvalue weighted by molar-refractivity contribution is 0.414. The third-order valence-corrected chi connectivity index (χ3v) is 4.26. The van der Waals surface area contributed by atoms with E-state index in [0.29, 0.717) is 11.6 Å². The molecular weight excluding hydrogens is 477 g/mol. The molecule has 0 spiro atoms. The zero-order valence-electron chi connectivity index (χ0n) is 16.1. The molecule has 0 amide bonds. The van der Waals surface area contributed by atoms with Crippen LogP contribution >= 0.6 is 35.6 Å². The molecule has 0 saturated carbocycles. The number of ether oxygens (including phenoxy) is 1. The van der Waals surface area contributed by atoms with Gasteiger partial charge in [0, 0.05) is 51.0 Å². The second-order valence-electron chi connectivity index (χ2n) is 5.94. The Hall–Kier alpha value is -1.74. The Morgan fingerprint density at radius 2 is 2.00 bits per heavy atom. The quantitative estimate of drug-likeness (QED) is 0.345. The molecule has 2 rings (SSSR count). The van der Waals surface area contributed by atoms with Crippen LogP contribution in [0.15, 0.2) is 41.5 Å². The van der Waals surface area contributed by atoms with Gasteiger partial charge in [0.1, 0.15) is 11.6 Å². The minimum atomic E-state index is 0. The lowest BCUT2D eigenvalue weighted by Gasteiger charge is -2.17. The molecule has 0 bridgehead atoms. The van der Waals surface area contributed by atoms with E-state index in [1.54, 1.807) is 20.4 Å². The molecule has 0 aliphatic rings. The number of rotatable bonds is 7. The molecule has 8 heteroatoms. The molecule has 1 aromatic heterocycles. The minimum absolute atomic E-state index is 0. The van der Waals surface area contributed by atoms with E-state index in [-0.39, 0.29) is 24.0 Å². The Morgan fingerprint density at radius 1 is 1.22 bits per heavy atom. The maximum absolute atomic E-state index is 6.28. The maximum atomic E-state index is 6.28. The summed E-state index contributed by atoms with van der Waals surface area (Å²) in [6, 6.07) is 9.72. The van der Waals surface area contributed by atoms with Crippen molar-refractivity contribution in [3.63, 3.8) is 0 Å². The number of aromatic nitrogens is 1. The van der Waals surface area contributed by atoms with Crippen LogP contribution in [0.1, 0.15) is 11.1 Å². The second-order valence-corrected chi connectivity index (χ2v) is 6.35. The topological polar surface area (TPSA) is 61.8 Å². The summed E-state index contributed by atoms with van der Waals surface area (Å²) < 4.78 is 5.17. The molecule has 0 radical (unpaired) electrons. The van der Waals surface area contributed by atoms with Gasteiger partial charge in [-0.25, -0.2) is 4.98 Å². The van der Waals surface area contributed by atoms with Gasteiger partial charge in [-0.15, -0.1) is 24.0 Å². The van der Waals surface area contributed by atoms with Crippen LogP contribution in [-0.2, 0) is 13.0 Å². The second kappa shape index (κ2) is 11.9. The molecule has 0 atom stereocenters. The van der Waals surface area contributed by atoms with E-state index >= 15 is 0 Å². The number of nitrogens with zero attached hydrogens (tertiary/aromatic N) is 3. The van der Waals surface area contributed by atoms with Crippen molar-refractivity contribution in [2.24, 2.45) is 4.99 Å². The van der Waals surface area contributed by atoms with Crippen LogP contribution in [0.25, 0.3) is 0 Å². The third-order valence-electron chi connectivity index (χ3n) is 3.91. The van der Waals surface area contributed by atoms with Crippen LogP contribution < -0.4 is 20.3 Å². The fraction of sp³-hybridized carbons (Fsp3) is 0.368. The van der Waals surface area contributed by atoms with E-state index in [1.807, 2.05) is 43.3 Å². The average Bonchev–Trinajstić information content (AvgIpc) is 2.65. The van der Waals surface area contributed by atoms with Crippen molar-refractivity contribution < 1.29 is 4.74 Å². The third kappa shape index (κ3) is 7.06. The van der Waals surface area contributed by atoms with Gasteiger partial charge < -0.3 is 20.3 Å². The maximum Gasteiger partial charge on any atom is 0.191 e. The van der Waals surface area contributed by atoms with Crippen molar-refractivity contribution in [2.45, 2.75) is 13.0 Å². The normalized spacial score (nSPS) is 10.8. The Morgan fingerprint density at radius 3 is 2.63 bits per heavy atom. The van der Waals surface area contributed by atoms with Crippen molar-refractivity contribution in [3.8, 4) is 5.75 Å². The first-order valence-electron chi connectivity index (χ1n) is 8.43. The number of hydrogen-bond donors (Lipinski definition) is 2. The monoisotopic (exact) mass is 503 g/mol. The first-order chi connectivity index (χ1) is 12.5. The van der Waals surface area contributed by atoms with Gasteiger partial charge in [0.25, 0.3) is 0 Å². The molecule has 6 nitrogen and oxygen atoms in total. The minimum Gasteiger partial charge on any atom is -0.497 e. The van der Waals surface area contributed by atoms with E-state index in [1.165, 1.54) is 0 Å². The van der Waals surface area contributed by atoms with E-state index in [9.17, 15) is 0 Å². The number of hydrogen-bond acceptors (Lipinski definition) is 4. The summed E-state index contributed by atoms with van der Waals surface area (Å²) in [5.41, 5.74) is 2.18. The summed E-state index contributed by atoms with van der Waals surface area (Å²) in [6.45, 7) is 1.36. The smallest absolute Gasteiger partial charge is 0.191 e. The Labute approximate surface area is 183 Å². The van der Waals surface area contributed by atoms with Gasteiger partial charge in [0.15, 0.2) is 5.96 Å². The number of methoxy groups -OCH3 is 1. The molecule has 27 heavy (non-hydrogen) atoms. The first-order valence-corrected chi connectivity index (χ1v) is 8.81. The summed E-state index contributed by atoms with van der Waals surface area (Å²) in [6.07, 6.45) is 2.59. The highest BCUT2D eigenvalue weighted by Crippen LogP contribution is 2.22. The number of nitrogens with one attached hydrogen (secondary N) is 2. The molecule has 2 N–H and O–H groups in total. The molecule has 0 unspecified atom stereocenters. The fourth-order valence-electron chi connectivity index (χ4n) is 2.54. The molecule has 0 saturated heterocycles. The van der Waals surface area contributed by atoms with Crippen LogP contribution in [-0.4, -0.2) is 45.7 Å². The summed E-state index contributed by atoms with van der Waals surface area (Å²) in [4.78, 5) is 10.7. The average molecular weight is 504 g/mol. The molecule has 148 valence electrons. The Bertz CT molecular complexity index is 755. The number of pyridine rings is 1. The molecular formula is C19H27ClIN5O. The van der Waals surface area contributed by atoms with Gasteiger partial charge in [0.05, 0.1) is 7.11 Å². The van der Waals surface area contributed by atoms with Crippen molar-refractivity contribution in [1.29, 1.82) is 0 Å². The lowest BCUT2D eigenvalue weighted by atomic mass is 10.1. The van der Waals surface area contributed by atoms with Crippen LogP contribution in [0.5, 0.6) is 5.75 Å². The molecule has 1 aromatic carbocycles. The fourth-order valence-corrected chi connectivity index (χ4v) is 2.81. The SMILES string of the molecule is CN=C(NCCc1ccc(OC)cc1Cl)NCc1cccnc1N(C)C.I. The van der Waals surface area contributed by atoms with Crippen molar-refractivity contribution >= 4 is 47.4 Å². The first kappa shape index (κ1) is 23.3. The van der Waals surface area contributed by atoms with Crippen LogP contribution in [0, 0.1) is 0 Å². The number of halogens is 2. The highest BCUT2D eigenvalue weighted by atomic mass is 127. The number of benzene rings is 1. The predicted molar refractivity (Wildman–Crippen MR) is 124 cm³/mol. The zero-order valence-corrected chi connectivity index (χ0v) is 19.2. The summed E-state index contributed by atoms with van der Waals surface area (Å²) in [5, 5.41) is 7.34.